The molecule has 1 aliphatic carbocycles. The highest BCUT2D eigenvalue weighted by Gasteiger charge is 2.53. The summed E-state index contributed by atoms with van der Waals surface area (Å²) in [6.45, 7) is 0.872. The number of aromatic nitrogens is 3. The van der Waals surface area contributed by atoms with Gasteiger partial charge in [0.1, 0.15) is 5.82 Å². The van der Waals surface area contributed by atoms with Gasteiger partial charge in [-0.25, -0.2) is 8.42 Å². The summed E-state index contributed by atoms with van der Waals surface area (Å²) in [5, 5.41) is 12.1. The zero-order valence-corrected chi connectivity index (χ0v) is 20.4. The van der Waals surface area contributed by atoms with E-state index in [0.29, 0.717) is 36.4 Å². The van der Waals surface area contributed by atoms with Gasteiger partial charge < -0.3 is 9.88 Å². The van der Waals surface area contributed by atoms with E-state index in [-0.39, 0.29) is 4.90 Å². The van der Waals surface area contributed by atoms with Gasteiger partial charge in [-0.1, -0.05) is 43.0 Å². The summed E-state index contributed by atoms with van der Waals surface area (Å²) in [5.41, 5.74) is 1.39. The maximum absolute atomic E-state index is 13.6. The van der Waals surface area contributed by atoms with Gasteiger partial charge in [0, 0.05) is 29.2 Å². The average Bonchev–Trinajstić information content (AvgIpc) is 3.43. The third kappa shape index (κ3) is 4.03. The molecule has 1 fully saturated rings. The highest BCUT2D eigenvalue weighted by atomic mass is 35.5. The van der Waals surface area contributed by atoms with E-state index in [1.807, 2.05) is 18.2 Å². The average molecular weight is 499 g/mol. The summed E-state index contributed by atoms with van der Waals surface area (Å²) < 4.78 is 27.9. The number of fused-ring (bicyclic) bond motifs is 1. The predicted octanol–water partition coefficient (Wildman–Crippen LogP) is 5.05. The molecule has 0 bridgehead atoms. The zero-order valence-electron chi connectivity index (χ0n) is 18.8. The van der Waals surface area contributed by atoms with E-state index in [0.717, 1.165) is 43.0 Å². The van der Waals surface area contributed by atoms with Gasteiger partial charge in [0.15, 0.2) is 20.4 Å². The lowest BCUT2D eigenvalue weighted by Crippen LogP contribution is -2.47. The van der Waals surface area contributed by atoms with Gasteiger partial charge in [-0.2, -0.15) is 0 Å². The predicted molar refractivity (Wildman–Crippen MR) is 131 cm³/mol. The number of anilines is 1. The second kappa shape index (κ2) is 9.15. The molecule has 0 radical (unpaired) electrons. The van der Waals surface area contributed by atoms with Crippen molar-refractivity contribution in [1.82, 2.24) is 14.8 Å². The van der Waals surface area contributed by atoms with Gasteiger partial charge in [0.05, 0.1) is 4.90 Å². The maximum atomic E-state index is 13.6. The molecule has 34 heavy (non-hydrogen) atoms. The fraction of sp³-hybridized carbons (Fsp3) is 0.400. The van der Waals surface area contributed by atoms with Crippen LogP contribution in [-0.2, 0) is 27.6 Å². The highest BCUT2D eigenvalue weighted by Crippen LogP contribution is 2.42. The van der Waals surface area contributed by atoms with E-state index < -0.39 is 20.5 Å². The molecule has 0 atom stereocenters. The molecule has 2 aliphatic rings. The minimum atomic E-state index is -3.90. The fourth-order valence-corrected chi connectivity index (χ4v) is 7.28. The third-order valence-corrected chi connectivity index (χ3v) is 9.72. The summed E-state index contributed by atoms with van der Waals surface area (Å²) in [7, 11) is -3.90. The van der Waals surface area contributed by atoms with Crippen molar-refractivity contribution < 1.29 is 13.2 Å². The van der Waals surface area contributed by atoms with E-state index in [1.54, 1.807) is 18.2 Å². The van der Waals surface area contributed by atoms with Crippen LogP contribution in [0.2, 0.25) is 5.02 Å². The molecular formula is C25H27ClN4O3S. The van der Waals surface area contributed by atoms with E-state index in [4.69, 9.17) is 11.6 Å². The Kier molecular flexibility index (Phi) is 6.20. The number of hydrogen-bond donors (Lipinski definition) is 1. The number of carbonyl (C=O) groups excluding carboxylic acids is 1. The van der Waals surface area contributed by atoms with Crippen molar-refractivity contribution in [2.75, 3.05) is 5.32 Å². The lowest BCUT2D eigenvalue weighted by atomic mass is 10.1. The molecule has 3 aromatic rings. The molecule has 0 saturated heterocycles. The Balaban J connectivity index is 1.45. The van der Waals surface area contributed by atoms with Crippen molar-refractivity contribution in [3.63, 3.8) is 0 Å². The minimum Gasteiger partial charge on any atom is -0.325 e. The van der Waals surface area contributed by atoms with E-state index in [2.05, 4.69) is 20.1 Å². The minimum absolute atomic E-state index is 0.119. The molecule has 1 saturated carbocycles. The van der Waals surface area contributed by atoms with E-state index >= 15 is 0 Å². The fourth-order valence-electron chi connectivity index (χ4n) is 5.08. The number of sulfone groups is 1. The number of carbonyl (C=O) groups is 1. The number of halogens is 1. The van der Waals surface area contributed by atoms with E-state index in [9.17, 15) is 13.2 Å². The summed E-state index contributed by atoms with van der Waals surface area (Å²) in [6.07, 6.45) is 6.23. The second-order valence-electron chi connectivity index (χ2n) is 9.10. The molecule has 0 spiro atoms. The first-order valence-corrected chi connectivity index (χ1v) is 13.6. The monoisotopic (exact) mass is 498 g/mol. The van der Waals surface area contributed by atoms with Crippen molar-refractivity contribution in [2.45, 2.75) is 67.6 Å². The molecule has 9 heteroatoms. The highest BCUT2D eigenvalue weighted by molar-refractivity contribution is 7.93. The largest absolute Gasteiger partial charge is 0.325 e. The first-order valence-electron chi connectivity index (χ1n) is 11.7. The van der Waals surface area contributed by atoms with Gasteiger partial charge in [0.2, 0.25) is 5.91 Å². The van der Waals surface area contributed by atoms with Crippen molar-refractivity contribution >= 4 is 33.0 Å². The molecule has 1 N–H and O–H groups in total. The van der Waals surface area contributed by atoms with Crippen molar-refractivity contribution in [3.05, 3.63) is 59.4 Å². The molecule has 1 aromatic heterocycles. The van der Waals surface area contributed by atoms with Gasteiger partial charge in [-0.05, 0) is 62.1 Å². The molecule has 2 aromatic carbocycles. The molecule has 1 aliphatic heterocycles. The van der Waals surface area contributed by atoms with Gasteiger partial charge in [-0.15, -0.1) is 10.2 Å². The lowest BCUT2D eigenvalue weighted by molar-refractivity contribution is -0.118. The van der Waals surface area contributed by atoms with Crippen molar-refractivity contribution in [3.8, 4) is 11.4 Å². The second-order valence-corrected chi connectivity index (χ2v) is 11.8. The Labute approximate surface area is 204 Å². The van der Waals surface area contributed by atoms with Crippen molar-refractivity contribution in [2.24, 2.45) is 0 Å². The van der Waals surface area contributed by atoms with Crippen LogP contribution < -0.4 is 5.32 Å². The standard InChI is InChI=1S/C25H27ClN4O3S/c26-19-10-12-21(13-11-19)34(32,33)25(14-3-4-15-25)24(31)27-20-8-6-7-18(17-20)23-29-28-22-9-2-1-5-16-30(22)23/h6-8,10-13,17H,1-5,9,14-16H2,(H,27,31). The van der Waals surface area contributed by atoms with Gasteiger partial charge in [-0.3, -0.25) is 4.79 Å². The molecular weight excluding hydrogens is 472 g/mol. The molecule has 0 unspecified atom stereocenters. The number of nitrogens with one attached hydrogen (secondary N) is 1. The Morgan fingerprint density at radius 1 is 0.971 bits per heavy atom. The zero-order chi connectivity index (χ0) is 23.8. The SMILES string of the molecule is O=C(Nc1cccc(-c2nnc3n2CCCCC3)c1)C1(S(=O)(=O)c2ccc(Cl)cc2)CCCC1. The Bertz CT molecular complexity index is 1310. The van der Waals surface area contributed by atoms with Crippen LogP contribution in [-0.4, -0.2) is 33.8 Å². The van der Waals surface area contributed by atoms with Gasteiger partial charge >= 0.3 is 0 Å². The number of amides is 1. The van der Waals surface area contributed by atoms with Crippen molar-refractivity contribution in [1.29, 1.82) is 0 Å². The van der Waals surface area contributed by atoms with Crippen LogP contribution in [0.15, 0.2) is 53.4 Å². The number of hydrogen-bond acceptors (Lipinski definition) is 5. The summed E-state index contributed by atoms with van der Waals surface area (Å²) in [6, 6.07) is 13.4. The first kappa shape index (κ1) is 23.1. The molecule has 178 valence electrons. The number of nitrogens with zero attached hydrogens (tertiary/aromatic N) is 3. The first-order chi connectivity index (χ1) is 16.4. The van der Waals surface area contributed by atoms with Crippen LogP contribution in [0.1, 0.15) is 50.8 Å². The summed E-state index contributed by atoms with van der Waals surface area (Å²) in [5.74, 6) is 1.27. The Hall–Kier alpha value is -2.71. The van der Waals surface area contributed by atoms with Crippen LogP contribution >= 0.6 is 11.6 Å². The normalized spacial score (nSPS) is 17.7. The smallest absolute Gasteiger partial charge is 0.246 e. The Morgan fingerprint density at radius 2 is 1.74 bits per heavy atom. The van der Waals surface area contributed by atoms with Crippen LogP contribution in [0.4, 0.5) is 5.69 Å². The van der Waals surface area contributed by atoms with E-state index in [1.165, 1.54) is 18.6 Å². The van der Waals surface area contributed by atoms with Crippen LogP contribution in [0.5, 0.6) is 0 Å². The lowest BCUT2D eigenvalue weighted by Gasteiger charge is -2.27. The topological polar surface area (TPSA) is 93.9 Å². The van der Waals surface area contributed by atoms with Gasteiger partial charge in [0.25, 0.3) is 0 Å². The maximum Gasteiger partial charge on any atom is 0.246 e. The molecule has 2 heterocycles. The van der Waals surface area contributed by atoms with Crippen LogP contribution in [0, 0.1) is 0 Å². The number of rotatable bonds is 5. The number of aryl methyl sites for hydroxylation is 1. The molecule has 1 amide bonds. The summed E-state index contributed by atoms with van der Waals surface area (Å²) in [4.78, 5) is 13.7. The summed E-state index contributed by atoms with van der Waals surface area (Å²) >= 11 is 5.95. The van der Waals surface area contributed by atoms with Crippen LogP contribution in [0.3, 0.4) is 0 Å². The number of benzene rings is 2. The quantitative estimate of drug-likeness (QED) is 0.531. The molecule has 7 nitrogen and oxygen atoms in total. The third-order valence-electron chi connectivity index (χ3n) is 6.95. The molecule has 5 rings (SSSR count). The van der Waals surface area contributed by atoms with Crippen LogP contribution in [0.25, 0.3) is 11.4 Å². The Morgan fingerprint density at radius 3 is 2.50 bits per heavy atom.